The van der Waals surface area contributed by atoms with Gasteiger partial charge in [0.05, 0.1) is 0 Å². The molecule has 0 amide bonds. The lowest BCUT2D eigenvalue weighted by Gasteiger charge is -1.98. The molecule has 0 fully saturated rings. The van der Waals surface area contributed by atoms with Crippen LogP contribution < -0.4 is 11.5 Å². The van der Waals surface area contributed by atoms with Gasteiger partial charge in [-0.2, -0.15) is 12.6 Å². The summed E-state index contributed by atoms with van der Waals surface area (Å²) in [6, 6.07) is -0.0478. The largest absolute Gasteiger partial charge is 0.326 e. The van der Waals surface area contributed by atoms with E-state index in [1.165, 1.54) is 6.54 Å². The zero-order valence-corrected chi connectivity index (χ0v) is 4.36. The maximum atomic E-state index is 5.22. The van der Waals surface area contributed by atoms with Gasteiger partial charge in [0.2, 0.25) is 0 Å². The molecular weight excluding hydrogens is 96.1 g/mol. The Kier molecular flexibility index (Phi) is 3.62. The summed E-state index contributed by atoms with van der Waals surface area (Å²) < 4.78 is 0. The Morgan fingerprint density at radius 1 is 1.83 bits per heavy atom. The van der Waals surface area contributed by atoms with Gasteiger partial charge in [-0.15, -0.1) is 0 Å². The first-order chi connectivity index (χ1) is 2.81. The minimum absolute atomic E-state index is 0.0478. The molecule has 1 unspecified atom stereocenters. The molecule has 4 N–H and O–H groups in total. The van der Waals surface area contributed by atoms with E-state index in [1.54, 1.807) is 0 Å². The van der Waals surface area contributed by atoms with Gasteiger partial charge in [0.1, 0.15) is 0 Å². The minimum atomic E-state index is -0.0478. The highest BCUT2D eigenvalue weighted by Crippen LogP contribution is 1.79. The molecule has 0 heterocycles. The summed E-state index contributed by atoms with van der Waals surface area (Å²) in [5.41, 5.74) is 10.2. The van der Waals surface area contributed by atoms with Crippen LogP contribution in [-0.4, -0.2) is 11.8 Å². The molecule has 0 bridgehead atoms. The van der Waals surface area contributed by atoms with Gasteiger partial charge < -0.3 is 11.5 Å². The van der Waals surface area contributed by atoms with Gasteiger partial charge in [-0.1, -0.05) is 0 Å². The normalized spacial score (nSPS) is 14.5. The van der Waals surface area contributed by atoms with Crippen LogP contribution in [-0.2, 0) is 0 Å². The average Bonchev–Trinajstić information content (AvgIpc) is 1.65. The van der Waals surface area contributed by atoms with Crippen molar-refractivity contribution in [1.82, 2.24) is 0 Å². The third kappa shape index (κ3) is 2.50. The summed E-state index contributed by atoms with van der Waals surface area (Å²) in [5, 5.41) is 0. The highest BCUT2D eigenvalue weighted by atomic mass is 32.1. The van der Waals surface area contributed by atoms with E-state index in [2.05, 4.69) is 12.6 Å². The SMILES string of the molecule is N[CH]C(N)CS. The van der Waals surface area contributed by atoms with Crippen LogP contribution in [0, 0.1) is 6.54 Å². The number of rotatable bonds is 2. The zero-order valence-electron chi connectivity index (χ0n) is 3.46. The lowest BCUT2D eigenvalue weighted by Crippen LogP contribution is -2.25. The molecule has 0 aromatic carbocycles. The second kappa shape index (κ2) is 3.46. The van der Waals surface area contributed by atoms with Crippen LogP contribution in [0.4, 0.5) is 0 Å². The van der Waals surface area contributed by atoms with E-state index in [0.717, 1.165) is 0 Å². The highest BCUT2D eigenvalue weighted by molar-refractivity contribution is 7.80. The van der Waals surface area contributed by atoms with Crippen molar-refractivity contribution in [3.63, 3.8) is 0 Å². The van der Waals surface area contributed by atoms with Gasteiger partial charge in [0, 0.05) is 18.3 Å². The van der Waals surface area contributed by atoms with Gasteiger partial charge in [0.15, 0.2) is 0 Å². The van der Waals surface area contributed by atoms with E-state index in [1.807, 2.05) is 0 Å². The summed E-state index contributed by atoms with van der Waals surface area (Å²) in [5.74, 6) is 0.622. The minimum Gasteiger partial charge on any atom is -0.326 e. The number of nitrogens with two attached hydrogens (primary N) is 2. The van der Waals surface area contributed by atoms with Crippen LogP contribution in [0.25, 0.3) is 0 Å². The molecular formula is C3H9N2S. The summed E-state index contributed by atoms with van der Waals surface area (Å²) in [4.78, 5) is 0. The Balaban J connectivity index is 2.75. The molecule has 0 spiro atoms. The number of thiol groups is 1. The van der Waals surface area contributed by atoms with Crippen molar-refractivity contribution in [2.45, 2.75) is 6.04 Å². The van der Waals surface area contributed by atoms with Crippen LogP contribution in [0.1, 0.15) is 0 Å². The molecule has 0 saturated carbocycles. The summed E-state index contributed by atoms with van der Waals surface area (Å²) in [6.45, 7) is 1.42. The molecule has 0 aliphatic carbocycles. The number of hydrogen-bond donors (Lipinski definition) is 3. The molecule has 1 atom stereocenters. The van der Waals surface area contributed by atoms with Gasteiger partial charge in [-0.3, -0.25) is 0 Å². The van der Waals surface area contributed by atoms with Crippen LogP contribution in [0.15, 0.2) is 0 Å². The van der Waals surface area contributed by atoms with E-state index in [9.17, 15) is 0 Å². The zero-order chi connectivity index (χ0) is 4.99. The Morgan fingerprint density at radius 2 is 2.33 bits per heavy atom. The average molecular weight is 105 g/mol. The Hall–Kier alpha value is 0.270. The first kappa shape index (κ1) is 6.27. The van der Waals surface area contributed by atoms with E-state index in [0.29, 0.717) is 5.75 Å². The Bertz CT molecular complexity index is 28.0. The maximum Gasteiger partial charge on any atom is 0.0369 e. The molecule has 0 saturated heterocycles. The fourth-order valence-electron chi connectivity index (χ4n) is 0.0609. The molecule has 0 rings (SSSR count). The molecule has 3 heteroatoms. The topological polar surface area (TPSA) is 52.0 Å². The predicted molar refractivity (Wildman–Crippen MR) is 30.3 cm³/mol. The molecule has 1 radical (unpaired) electrons. The number of hydrogen-bond acceptors (Lipinski definition) is 3. The first-order valence-electron chi connectivity index (χ1n) is 1.72. The molecule has 0 aliphatic rings. The molecule has 0 aromatic rings. The van der Waals surface area contributed by atoms with Crippen molar-refractivity contribution in [3.05, 3.63) is 6.54 Å². The Morgan fingerprint density at radius 3 is 2.33 bits per heavy atom. The third-order valence-corrected chi connectivity index (χ3v) is 0.880. The predicted octanol–water partition coefficient (Wildman–Crippen LogP) is -0.636. The van der Waals surface area contributed by atoms with E-state index in [4.69, 9.17) is 11.5 Å². The van der Waals surface area contributed by atoms with E-state index >= 15 is 0 Å². The fraction of sp³-hybridized carbons (Fsp3) is 0.667. The fourth-order valence-corrected chi connectivity index (χ4v) is 0.183. The summed E-state index contributed by atoms with van der Waals surface area (Å²) in [6.07, 6.45) is 0. The highest BCUT2D eigenvalue weighted by Gasteiger charge is 1.90. The second-order valence-corrected chi connectivity index (χ2v) is 1.40. The monoisotopic (exact) mass is 105 g/mol. The van der Waals surface area contributed by atoms with Crippen LogP contribution >= 0.6 is 12.6 Å². The van der Waals surface area contributed by atoms with Crippen molar-refractivity contribution < 1.29 is 0 Å². The smallest absolute Gasteiger partial charge is 0.0369 e. The first-order valence-corrected chi connectivity index (χ1v) is 2.36. The van der Waals surface area contributed by atoms with Crippen LogP contribution in [0.2, 0.25) is 0 Å². The van der Waals surface area contributed by atoms with E-state index in [-0.39, 0.29) is 6.04 Å². The second-order valence-electron chi connectivity index (χ2n) is 1.04. The van der Waals surface area contributed by atoms with E-state index < -0.39 is 0 Å². The van der Waals surface area contributed by atoms with Crippen molar-refractivity contribution in [1.29, 1.82) is 0 Å². The van der Waals surface area contributed by atoms with Gasteiger partial charge >= 0.3 is 0 Å². The molecule has 0 aromatic heterocycles. The third-order valence-electron chi connectivity index (χ3n) is 0.458. The van der Waals surface area contributed by atoms with Gasteiger partial charge in [0.25, 0.3) is 0 Å². The summed E-state index contributed by atoms with van der Waals surface area (Å²) in [7, 11) is 0. The Labute approximate surface area is 43.3 Å². The standard InChI is InChI=1S/C3H9N2S/c4-1-3(5)2-6/h1,3,6H,2,4-5H2. The van der Waals surface area contributed by atoms with Crippen molar-refractivity contribution in [2.75, 3.05) is 5.75 Å². The van der Waals surface area contributed by atoms with Gasteiger partial charge in [-0.05, 0) is 0 Å². The summed E-state index contributed by atoms with van der Waals surface area (Å²) >= 11 is 3.86. The van der Waals surface area contributed by atoms with Crippen molar-refractivity contribution in [3.8, 4) is 0 Å². The van der Waals surface area contributed by atoms with Crippen LogP contribution in [0.3, 0.4) is 0 Å². The lowest BCUT2D eigenvalue weighted by atomic mass is 10.4. The molecule has 2 nitrogen and oxygen atoms in total. The lowest BCUT2D eigenvalue weighted by molar-refractivity contribution is 0.855. The van der Waals surface area contributed by atoms with Crippen molar-refractivity contribution in [2.24, 2.45) is 11.5 Å². The van der Waals surface area contributed by atoms with Crippen molar-refractivity contribution >= 4 is 12.6 Å². The van der Waals surface area contributed by atoms with Gasteiger partial charge in [-0.25, -0.2) is 0 Å². The maximum absolute atomic E-state index is 5.22. The molecule has 0 aliphatic heterocycles. The quantitative estimate of drug-likeness (QED) is 0.409. The molecule has 6 heavy (non-hydrogen) atoms. The van der Waals surface area contributed by atoms with Crippen LogP contribution in [0.5, 0.6) is 0 Å². The molecule has 37 valence electrons.